The van der Waals surface area contributed by atoms with Crippen molar-refractivity contribution in [1.29, 1.82) is 0 Å². The van der Waals surface area contributed by atoms with E-state index in [0.29, 0.717) is 21.5 Å². The molecule has 0 saturated carbocycles. The van der Waals surface area contributed by atoms with E-state index in [2.05, 4.69) is 36.9 Å². The Bertz CT molecular complexity index is 1960. The number of ether oxygens (including phenoxy) is 1. The van der Waals surface area contributed by atoms with Gasteiger partial charge in [-0.2, -0.15) is 0 Å². The number of aliphatic hydroxyl groups excluding tert-OH is 3. The SMILES string of the molecule is CC(=O)N[C@@H](C)C(=O)N[C@@H](C(=O)N[C@H]1CSc2[nH]c3ccccc3c2C[C@@H](C(=O)N[C@H]2C[C@](C)(CO)OC2=O)NC(=O)[C@H](C)NC(=O)[C@@H]2C[C@H](O)CN2C1=O)[C@H](C)O. The van der Waals surface area contributed by atoms with Crippen LogP contribution >= 0.6 is 11.8 Å². The van der Waals surface area contributed by atoms with E-state index in [1.165, 1.54) is 34.6 Å². The van der Waals surface area contributed by atoms with Gasteiger partial charge in [-0.1, -0.05) is 18.2 Å². The maximum atomic E-state index is 14.4. The molecule has 20 nitrogen and oxygen atoms in total. The van der Waals surface area contributed by atoms with Crippen LogP contribution in [0, 0.1) is 0 Å². The average Bonchev–Trinajstić information content (AvgIpc) is 3.82. The molecular weight excluding hydrogens is 781 g/mol. The van der Waals surface area contributed by atoms with Crippen LogP contribution in [0.5, 0.6) is 0 Å². The van der Waals surface area contributed by atoms with Gasteiger partial charge in [-0.3, -0.25) is 33.6 Å². The zero-order chi connectivity index (χ0) is 42.6. The highest BCUT2D eigenvalue weighted by Crippen LogP contribution is 2.33. The van der Waals surface area contributed by atoms with Gasteiger partial charge in [0.25, 0.3) is 0 Å². The highest BCUT2D eigenvalue weighted by molar-refractivity contribution is 7.99. The highest BCUT2D eigenvalue weighted by atomic mass is 32.2. The van der Waals surface area contributed by atoms with Crippen LogP contribution < -0.4 is 31.9 Å². The molecule has 2 fully saturated rings. The summed E-state index contributed by atoms with van der Waals surface area (Å²) in [5.74, 6) is -6.33. The molecule has 1 aromatic heterocycles. The van der Waals surface area contributed by atoms with Crippen molar-refractivity contribution in [3.8, 4) is 0 Å². The number of fused-ring (bicyclic) bond motifs is 4. The van der Waals surface area contributed by atoms with Gasteiger partial charge in [0.15, 0.2) is 0 Å². The number of H-pyrrole nitrogens is 1. The lowest BCUT2D eigenvalue weighted by molar-refractivity contribution is -0.151. The molecule has 1 aromatic carbocycles. The molecule has 58 heavy (non-hydrogen) atoms. The number of aromatic nitrogens is 1. The Labute approximate surface area is 337 Å². The maximum absolute atomic E-state index is 14.4. The van der Waals surface area contributed by atoms with Crippen LogP contribution in [0.1, 0.15) is 53.0 Å². The van der Waals surface area contributed by atoms with Crippen molar-refractivity contribution in [2.24, 2.45) is 0 Å². The predicted molar refractivity (Wildman–Crippen MR) is 205 cm³/mol. The minimum Gasteiger partial charge on any atom is -0.455 e. The third-order valence-corrected chi connectivity index (χ3v) is 11.4. The first-order chi connectivity index (χ1) is 27.3. The molecule has 0 bridgehead atoms. The third kappa shape index (κ3) is 10.1. The second-order valence-corrected chi connectivity index (χ2v) is 16.2. The summed E-state index contributed by atoms with van der Waals surface area (Å²) in [6.45, 7) is 5.94. The Hall–Kier alpha value is -5.25. The van der Waals surface area contributed by atoms with E-state index in [0.717, 1.165) is 16.7 Å². The van der Waals surface area contributed by atoms with E-state index >= 15 is 0 Å². The standard InChI is InChI=1S/C37H50N8O12S/c1-16(38-19(4)48)30(51)44-28(18(3)47)33(54)42-26-14-58-34-22(21-8-6-7-9-23(21)43-34)11-24(31(52)41-25-12-37(5,15-46)57-36(25)56)40-29(50)17(2)39-32(53)27-10-20(49)13-45(27)35(26)55/h6-9,16-18,20,24-28,43,46-47,49H,10-15H2,1-5H3,(H,38,48)(H,39,53)(H,40,50)(H,41,52)(H,42,54)(H,44,51)/t16-,17-,18-,20-,24-,25-,26-,27-,28+,37+/m0/s1. The number of esters is 1. The third-order valence-electron chi connectivity index (χ3n) is 10.2. The van der Waals surface area contributed by atoms with Gasteiger partial charge in [-0.05, 0) is 39.3 Å². The monoisotopic (exact) mass is 830 g/mol. The van der Waals surface area contributed by atoms with Crippen molar-refractivity contribution in [2.45, 2.75) is 119 Å². The lowest BCUT2D eigenvalue weighted by Gasteiger charge is -2.30. The molecule has 4 heterocycles. The van der Waals surface area contributed by atoms with Gasteiger partial charge in [-0.25, -0.2) is 4.79 Å². The number of nitrogens with one attached hydrogen (secondary N) is 7. The molecule has 3 aliphatic rings. The number of cyclic esters (lactones) is 1. The summed E-state index contributed by atoms with van der Waals surface area (Å²) >= 11 is 1.07. The highest BCUT2D eigenvalue weighted by Gasteiger charge is 2.46. The second kappa shape index (κ2) is 18.1. The van der Waals surface area contributed by atoms with Crippen molar-refractivity contribution in [3.63, 3.8) is 0 Å². The molecule has 5 rings (SSSR count). The summed E-state index contributed by atoms with van der Waals surface area (Å²) in [4.78, 5) is 111. The fourth-order valence-corrected chi connectivity index (χ4v) is 8.21. The van der Waals surface area contributed by atoms with Gasteiger partial charge < -0.3 is 61.8 Å². The van der Waals surface area contributed by atoms with Crippen LogP contribution in [0.2, 0.25) is 0 Å². The number of nitrogens with zero attached hydrogens (tertiary/aromatic N) is 1. The van der Waals surface area contributed by atoms with E-state index in [-0.39, 0.29) is 31.6 Å². The van der Waals surface area contributed by atoms with Gasteiger partial charge in [0.2, 0.25) is 41.4 Å². The quantitative estimate of drug-likeness (QED) is 0.112. The van der Waals surface area contributed by atoms with Crippen molar-refractivity contribution >= 4 is 70.0 Å². The summed E-state index contributed by atoms with van der Waals surface area (Å²) in [5, 5.41) is 47.3. The number of hydrogen-bond acceptors (Lipinski definition) is 13. The molecule has 2 aromatic rings. The molecule has 7 amide bonds. The molecule has 2 saturated heterocycles. The number of para-hydroxylation sites is 1. The van der Waals surface area contributed by atoms with Crippen LogP contribution in [0.25, 0.3) is 10.9 Å². The Morgan fingerprint density at radius 2 is 1.72 bits per heavy atom. The van der Waals surface area contributed by atoms with E-state index in [4.69, 9.17) is 4.74 Å². The fraction of sp³-hybridized carbons (Fsp3) is 0.568. The van der Waals surface area contributed by atoms with E-state index in [1.54, 1.807) is 24.3 Å². The Morgan fingerprint density at radius 1 is 1.02 bits per heavy atom. The molecule has 3 aliphatic heterocycles. The Balaban J connectivity index is 1.52. The number of carbonyl (C=O) groups is 8. The van der Waals surface area contributed by atoms with Gasteiger partial charge in [0, 0.05) is 49.4 Å². The first-order valence-corrected chi connectivity index (χ1v) is 19.8. The van der Waals surface area contributed by atoms with Gasteiger partial charge >= 0.3 is 5.97 Å². The van der Waals surface area contributed by atoms with Crippen molar-refractivity contribution < 1.29 is 58.4 Å². The van der Waals surface area contributed by atoms with Gasteiger partial charge in [0.1, 0.15) is 47.9 Å². The van der Waals surface area contributed by atoms with Crippen LogP contribution in [0.3, 0.4) is 0 Å². The average molecular weight is 831 g/mol. The lowest BCUT2D eigenvalue weighted by Crippen LogP contribution is -2.61. The predicted octanol–water partition coefficient (Wildman–Crippen LogP) is -3.17. The number of aromatic amines is 1. The lowest BCUT2D eigenvalue weighted by atomic mass is 10.00. The van der Waals surface area contributed by atoms with Gasteiger partial charge in [-0.15, -0.1) is 11.8 Å². The summed E-state index contributed by atoms with van der Waals surface area (Å²) in [5.41, 5.74) is -0.0729. The molecule has 21 heteroatoms. The normalized spacial score (nSPS) is 28.3. The van der Waals surface area contributed by atoms with Crippen LogP contribution in [-0.4, -0.2) is 152 Å². The van der Waals surface area contributed by atoms with E-state index in [9.17, 15) is 53.7 Å². The first-order valence-electron chi connectivity index (χ1n) is 18.8. The Kier molecular flexibility index (Phi) is 13.7. The van der Waals surface area contributed by atoms with Crippen molar-refractivity contribution in [1.82, 2.24) is 41.8 Å². The number of thioether (sulfide) groups is 1. The topological polar surface area (TPSA) is 298 Å². The molecule has 0 unspecified atom stereocenters. The summed E-state index contributed by atoms with van der Waals surface area (Å²) in [6.07, 6.45) is -3.00. The van der Waals surface area contributed by atoms with E-state index in [1.807, 2.05) is 0 Å². The zero-order valence-corrected chi connectivity index (χ0v) is 33.4. The number of rotatable bonds is 9. The van der Waals surface area contributed by atoms with Crippen LogP contribution in [0.15, 0.2) is 29.3 Å². The number of carbonyl (C=O) groups excluding carboxylic acids is 8. The van der Waals surface area contributed by atoms with Crippen molar-refractivity contribution in [3.05, 3.63) is 29.8 Å². The summed E-state index contributed by atoms with van der Waals surface area (Å²) in [6, 6.07) is -2.03. The molecule has 10 N–H and O–H groups in total. The Morgan fingerprint density at radius 3 is 2.38 bits per heavy atom. The number of aliphatic hydroxyl groups is 3. The maximum Gasteiger partial charge on any atom is 0.329 e. The van der Waals surface area contributed by atoms with Crippen LogP contribution in [0.4, 0.5) is 0 Å². The van der Waals surface area contributed by atoms with E-state index < -0.39 is 114 Å². The fourth-order valence-electron chi connectivity index (χ4n) is 7.10. The zero-order valence-electron chi connectivity index (χ0n) is 32.6. The molecule has 0 aliphatic carbocycles. The minimum absolute atomic E-state index is 0.0335. The minimum atomic E-state index is -1.59. The molecule has 316 valence electrons. The summed E-state index contributed by atoms with van der Waals surface area (Å²) in [7, 11) is 0. The van der Waals surface area contributed by atoms with Crippen molar-refractivity contribution in [2.75, 3.05) is 18.9 Å². The molecule has 0 spiro atoms. The summed E-state index contributed by atoms with van der Waals surface area (Å²) < 4.78 is 5.28. The molecule has 10 atom stereocenters. The van der Waals surface area contributed by atoms with Crippen LogP contribution in [-0.2, 0) is 49.5 Å². The first kappa shape index (κ1) is 43.9. The number of hydrogen-bond donors (Lipinski definition) is 10. The van der Waals surface area contributed by atoms with Gasteiger partial charge in [0.05, 0.1) is 23.8 Å². The number of benzene rings is 1. The molecular formula is C37H50N8O12S. The smallest absolute Gasteiger partial charge is 0.329 e. The molecule has 0 radical (unpaired) electrons. The number of amides is 7. The second-order valence-electron chi connectivity index (χ2n) is 15.2. The largest absolute Gasteiger partial charge is 0.455 e.